The highest BCUT2D eigenvalue weighted by molar-refractivity contribution is 5.68. The number of aromatic nitrogens is 4. The van der Waals surface area contributed by atoms with Gasteiger partial charge in [-0.2, -0.15) is 0 Å². The summed E-state index contributed by atoms with van der Waals surface area (Å²) < 4.78 is 0. The lowest BCUT2D eigenvalue weighted by Gasteiger charge is -1.80. The summed E-state index contributed by atoms with van der Waals surface area (Å²) >= 11 is 0. The highest BCUT2D eigenvalue weighted by atomic mass is 15.0. The summed E-state index contributed by atoms with van der Waals surface area (Å²) in [5, 5.41) is 0. The van der Waals surface area contributed by atoms with Crippen LogP contribution < -0.4 is 0 Å². The molecule has 0 aliphatic rings. The summed E-state index contributed by atoms with van der Waals surface area (Å²) in [7, 11) is 0. The lowest BCUT2D eigenvalue weighted by Crippen LogP contribution is -1.76. The third-order valence-electron chi connectivity index (χ3n) is 1.78. The molecule has 0 aliphatic carbocycles. The number of nitrogens with zero attached hydrogens (tertiary/aromatic N) is 3. The van der Waals surface area contributed by atoms with Crippen molar-refractivity contribution in [1.29, 1.82) is 0 Å². The Morgan fingerprint density at radius 3 is 2.64 bits per heavy atom. The predicted molar refractivity (Wildman–Crippen MR) is 59.1 cm³/mol. The topological polar surface area (TPSA) is 54.5 Å². The SMILES string of the molecule is CCCC.Cc1nc2ncncc2[nH]1.[HH]. The minimum Gasteiger partial charge on any atom is -0.340 e. The Bertz CT molecular complexity index is 351. The maximum absolute atomic E-state index is 4.11. The minimum atomic E-state index is 0. The van der Waals surface area contributed by atoms with Crippen LogP contribution in [-0.4, -0.2) is 19.9 Å². The van der Waals surface area contributed by atoms with Gasteiger partial charge in [-0.1, -0.05) is 26.7 Å². The fraction of sp³-hybridized carbons (Fsp3) is 0.500. The van der Waals surface area contributed by atoms with E-state index in [-0.39, 0.29) is 1.43 Å². The number of imidazole rings is 1. The molecule has 4 nitrogen and oxygen atoms in total. The summed E-state index contributed by atoms with van der Waals surface area (Å²) in [6.45, 7) is 6.25. The Morgan fingerprint density at radius 2 is 2.07 bits per heavy atom. The van der Waals surface area contributed by atoms with Crippen LogP contribution in [-0.2, 0) is 0 Å². The van der Waals surface area contributed by atoms with Gasteiger partial charge in [-0.3, -0.25) is 0 Å². The number of hydrogen-bond donors (Lipinski definition) is 1. The molecule has 0 unspecified atom stereocenters. The van der Waals surface area contributed by atoms with E-state index in [1.165, 1.54) is 19.2 Å². The molecular formula is C10H18N4. The van der Waals surface area contributed by atoms with Gasteiger partial charge in [-0.05, 0) is 6.92 Å². The number of nitrogens with one attached hydrogen (secondary N) is 1. The molecule has 0 aliphatic heterocycles. The van der Waals surface area contributed by atoms with Crippen molar-refractivity contribution in [2.45, 2.75) is 33.6 Å². The molecule has 14 heavy (non-hydrogen) atoms. The molecule has 2 aromatic rings. The van der Waals surface area contributed by atoms with Gasteiger partial charge in [0.15, 0.2) is 5.65 Å². The second-order valence-corrected chi connectivity index (χ2v) is 3.08. The molecule has 1 N–H and O–H groups in total. The van der Waals surface area contributed by atoms with E-state index in [0.717, 1.165) is 17.0 Å². The summed E-state index contributed by atoms with van der Waals surface area (Å²) in [6.07, 6.45) is 5.84. The Morgan fingerprint density at radius 1 is 1.36 bits per heavy atom. The zero-order valence-electron chi connectivity index (χ0n) is 8.91. The maximum Gasteiger partial charge on any atom is 0.180 e. The summed E-state index contributed by atoms with van der Waals surface area (Å²) in [5.41, 5.74) is 1.62. The molecular weight excluding hydrogens is 176 g/mol. The average Bonchev–Trinajstić information content (AvgIpc) is 2.58. The van der Waals surface area contributed by atoms with E-state index in [9.17, 15) is 0 Å². The van der Waals surface area contributed by atoms with Gasteiger partial charge in [0.2, 0.25) is 0 Å². The Labute approximate surface area is 85.3 Å². The van der Waals surface area contributed by atoms with Crippen molar-refractivity contribution < 1.29 is 1.43 Å². The van der Waals surface area contributed by atoms with Gasteiger partial charge < -0.3 is 4.98 Å². The fourth-order valence-corrected chi connectivity index (χ4v) is 0.882. The zero-order chi connectivity index (χ0) is 10.4. The number of hydrogen-bond acceptors (Lipinski definition) is 3. The van der Waals surface area contributed by atoms with Crippen LogP contribution in [0.15, 0.2) is 12.5 Å². The predicted octanol–water partition coefficient (Wildman–Crippen LogP) is 2.71. The normalized spacial score (nSPS) is 9.64. The molecule has 4 heteroatoms. The number of aryl methyl sites for hydroxylation is 1. The van der Waals surface area contributed by atoms with Crippen LogP contribution in [0.5, 0.6) is 0 Å². The molecule has 0 aromatic carbocycles. The quantitative estimate of drug-likeness (QED) is 0.759. The van der Waals surface area contributed by atoms with E-state index < -0.39 is 0 Å². The maximum atomic E-state index is 4.11. The standard InChI is InChI=1S/C6H6N4.C4H10.H2/c1-4-9-5-2-7-3-8-6(5)10-4;1-3-4-2;/h2-3H,1H3,(H,7,8,9,10);3-4H2,1-2H3;1H. The second kappa shape index (κ2) is 5.32. The van der Waals surface area contributed by atoms with E-state index in [4.69, 9.17) is 0 Å². The van der Waals surface area contributed by atoms with Crippen LogP contribution in [0.1, 0.15) is 33.9 Å². The first-order chi connectivity index (χ1) is 6.77. The average molecular weight is 194 g/mol. The van der Waals surface area contributed by atoms with Crippen molar-refractivity contribution in [3.8, 4) is 0 Å². The van der Waals surface area contributed by atoms with Crippen LogP contribution in [0.2, 0.25) is 0 Å². The molecule has 0 saturated heterocycles. The fourth-order valence-electron chi connectivity index (χ4n) is 0.882. The van der Waals surface area contributed by atoms with Gasteiger partial charge in [-0.15, -0.1) is 0 Å². The highest BCUT2D eigenvalue weighted by Crippen LogP contribution is 2.03. The van der Waals surface area contributed by atoms with Crippen LogP contribution in [0, 0.1) is 6.92 Å². The van der Waals surface area contributed by atoms with E-state index in [0.29, 0.717) is 0 Å². The summed E-state index contributed by atoms with van der Waals surface area (Å²) in [5.74, 6) is 0.871. The molecule has 0 spiro atoms. The summed E-state index contributed by atoms with van der Waals surface area (Å²) in [6, 6.07) is 0. The number of H-pyrrole nitrogens is 1. The second-order valence-electron chi connectivity index (χ2n) is 3.08. The summed E-state index contributed by atoms with van der Waals surface area (Å²) in [4.78, 5) is 14.9. The van der Waals surface area contributed by atoms with Gasteiger partial charge in [0.05, 0.1) is 6.20 Å². The molecule has 2 aromatic heterocycles. The van der Waals surface area contributed by atoms with Crippen molar-refractivity contribution in [3.63, 3.8) is 0 Å². The van der Waals surface area contributed by atoms with E-state index in [1.54, 1.807) is 6.20 Å². The lowest BCUT2D eigenvalue weighted by atomic mass is 10.4. The molecule has 0 radical (unpaired) electrons. The van der Waals surface area contributed by atoms with Crippen LogP contribution in [0.3, 0.4) is 0 Å². The van der Waals surface area contributed by atoms with Gasteiger partial charge in [0, 0.05) is 1.43 Å². The molecule has 0 saturated carbocycles. The van der Waals surface area contributed by atoms with Crippen molar-refractivity contribution >= 4 is 11.2 Å². The number of fused-ring (bicyclic) bond motifs is 1. The first kappa shape index (κ1) is 10.6. The highest BCUT2D eigenvalue weighted by Gasteiger charge is 1.96. The van der Waals surface area contributed by atoms with Gasteiger partial charge in [0.25, 0.3) is 0 Å². The Hall–Kier alpha value is -1.45. The van der Waals surface area contributed by atoms with E-state index in [2.05, 4.69) is 33.8 Å². The van der Waals surface area contributed by atoms with Gasteiger partial charge in [-0.25, -0.2) is 15.0 Å². The number of rotatable bonds is 1. The van der Waals surface area contributed by atoms with Crippen molar-refractivity contribution in [3.05, 3.63) is 18.3 Å². The Balaban J connectivity index is 0.000000346. The van der Waals surface area contributed by atoms with Crippen LogP contribution in [0.4, 0.5) is 0 Å². The number of unbranched alkanes of at least 4 members (excludes halogenated alkanes) is 1. The van der Waals surface area contributed by atoms with E-state index in [1.807, 2.05) is 6.92 Å². The van der Waals surface area contributed by atoms with E-state index >= 15 is 0 Å². The molecule has 2 heterocycles. The molecule has 2 rings (SSSR count). The van der Waals surface area contributed by atoms with Gasteiger partial charge >= 0.3 is 0 Å². The molecule has 78 valence electrons. The van der Waals surface area contributed by atoms with Gasteiger partial charge in [0.1, 0.15) is 17.7 Å². The smallest absolute Gasteiger partial charge is 0.180 e. The van der Waals surface area contributed by atoms with Crippen molar-refractivity contribution in [1.82, 2.24) is 19.9 Å². The largest absolute Gasteiger partial charge is 0.340 e. The molecule has 0 atom stereocenters. The molecule has 0 amide bonds. The third-order valence-corrected chi connectivity index (χ3v) is 1.78. The van der Waals surface area contributed by atoms with Crippen LogP contribution in [0.25, 0.3) is 11.2 Å². The first-order valence-corrected chi connectivity index (χ1v) is 4.90. The minimum absolute atomic E-state index is 0. The monoisotopic (exact) mass is 194 g/mol. The zero-order valence-corrected chi connectivity index (χ0v) is 8.91. The Kier molecular flexibility index (Phi) is 4.04. The first-order valence-electron chi connectivity index (χ1n) is 4.90. The number of aromatic amines is 1. The third kappa shape index (κ3) is 2.80. The van der Waals surface area contributed by atoms with Crippen LogP contribution >= 0.6 is 0 Å². The van der Waals surface area contributed by atoms with Crippen molar-refractivity contribution in [2.75, 3.05) is 0 Å². The molecule has 0 fully saturated rings. The van der Waals surface area contributed by atoms with Crippen molar-refractivity contribution in [2.24, 2.45) is 0 Å². The molecule has 0 bridgehead atoms. The lowest BCUT2D eigenvalue weighted by molar-refractivity contribution is 0.886.